The summed E-state index contributed by atoms with van der Waals surface area (Å²) in [7, 11) is 1.93. The van der Waals surface area contributed by atoms with Crippen LogP contribution in [-0.2, 0) is 18.4 Å². The first-order valence-electron chi connectivity index (χ1n) is 6.52. The second kappa shape index (κ2) is 5.95. The molecule has 0 aliphatic carbocycles. The third-order valence-electron chi connectivity index (χ3n) is 3.45. The Morgan fingerprint density at radius 1 is 1.28 bits per heavy atom. The SMILES string of the molecule is Cc1nnc(CNCC(=O)N2CCCCC2)n1C. The highest BCUT2D eigenvalue weighted by Crippen LogP contribution is 2.08. The van der Waals surface area contributed by atoms with Crippen LogP contribution in [0.2, 0.25) is 0 Å². The Hall–Kier alpha value is -1.43. The summed E-state index contributed by atoms with van der Waals surface area (Å²) in [5.41, 5.74) is 0. The zero-order valence-electron chi connectivity index (χ0n) is 11.1. The molecule has 18 heavy (non-hydrogen) atoms. The van der Waals surface area contributed by atoms with E-state index in [1.54, 1.807) is 0 Å². The topological polar surface area (TPSA) is 63.1 Å². The lowest BCUT2D eigenvalue weighted by Crippen LogP contribution is -2.41. The number of hydrogen-bond donors (Lipinski definition) is 1. The lowest BCUT2D eigenvalue weighted by molar-refractivity contribution is -0.131. The van der Waals surface area contributed by atoms with Gasteiger partial charge in [0, 0.05) is 20.1 Å². The summed E-state index contributed by atoms with van der Waals surface area (Å²) in [5.74, 6) is 1.93. The molecule has 2 heterocycles. The maximum atomic E-state index is 11.9. The maximum Gasteiger partial charge on any atom is 0.236 e. The minimum Gasteiger partial charge on any atom is -0.342 e. The molecule has 6 heteroatoms. The Kier molecular flexibility index (Phi) is 4.30. The number of nitrogens with one attached hydrogen (secondary N) is 1. The Morgan fingerprint density at radius 3 is 2.61 bits per heavy atom. The summed E-state index contributed by atoms with van der Waals surface area (Å²) in [6, 6.07) is 0. The predicted molar refractivity (Wildman–Crippen MR) is 67.9 cm³/mol. The lowest BCUT2D eigenvalue weighted by atomic mass is 10.1. The second-order valence-electron chi connectivity index (χ2n) is 4.77. The molecule has 1 aliphatic heterocycles. The van der Waals surface area contributed by atoms with Crippen molar-refractivity contribution in [2.45, 2.75) is 32.7 Å². The average molecular weight is 251 g/mol. The summed E-state index contributed by atoms with van der Waals surface area (Å²) < 4.78 is 1.93. The van der Waals surface area contributed by atoms with Gasteiger partial charge < -0.3 is 14.8 Å². The molecule has 6 nitrogen and oxygen atoms in total. The average Bonchev–Trinajstić information content (AvgIpc) is 2.71. The predicted octanol–water partition coefficient (Wildman–Crippen LogP) is 0.226. The van der Waals surface area contributed by atoms with Crippen LogP contribution in [0.3, 0.4) is 0 Å². The second-order valence-corrected chi connectivity index (χ2v) is 4.77. The van der Waals surface area contributed by atoms with E-state index in [1.165, 1.54) is 6.42 Å². The largest absolute Gasteiger partial charge is 0.342 e. The van der Waals surface area contributed by atoms with Crippen LogP contribution >= 0.6 is 0 Å². The van der Waals surface area contributed by atoms with Gasteiger partial charge in [-0.05, 0) is 26.2 Å². The summed E-state index contributed by atoms with van der Waals surface area (Å²) in [4.78, 5) is 13.8. The van der Waals surface area contributed by atoms with Crippen molar-refractivity contribution >= 4 is 5.91 Å². The first-order chi connectivity index (χ1) is 8.68. The van der Waals surface area contributed by atoms with Crippen LogP contribution in [0.5, 0.6) is 0 Å². The van der Waals surface area contributed by atoms with Crippen LogP contribution in [0.4, 0.5) is 0 Å². The number of carbonyl (C=O) groups excluding carboxylic acids is 1. The normalized spacial score (nSPS) is 16.0. The van der Waals surface area contributed by atoms with Gasteiger partial charge in [0.15, 0.2) is 0 Å². The summed E-state index contributed by atoms with van der Waals surface area (Å²) in [6.45, 7) is 4.69. The molecular formula is C12H21N5O. The van der Waals surface area contributed by atoms with Gasteiger partial charge in [0.1, 0.15) is 11.6 Å². The van der Waals surface area contributed by atoms with Crippen molar-refractivity contribution in [2.24, 2.45) is 7.05 Å². The highest BCUT2D eigenvalue weighted by molar-refractivity contribution is 5.78. The summed E-state index contributed by atoms with van der Waals surface area (Å²) in [5, 5.41) is 11.2. The molecule has 0 spiro atoms. The number of piperidine rings is 1. The van der Waals surface area contributed by atoms with Crippen molar-refractivity contribution < 1.29 is 4.79 Å². The molecule has 0 radical (unpaired) electrons. The van der Waals surface area contributed by atoms with Gasteiger partial charge in [-0.1, -0.05) is 0 Å². The van der Waals surface area contributed by atoms with Gasteiger partial charge in [-0.25, -0.2) is 0 Å². The third-order valence-corrected chi connectivity index (χ3v) is 3.45. The molecule has 0 aromatic carbocycles. The molecule has 1 fully saturated rings. The van der Waals surface area contributed by atoms with Crippen LogP contribution in [0.25, 0.3) is 0 Å². The molecule has 0 unspecified atom stereocenters. The molecule has 1 amide bonds. The number of aromatic nitrogens is 3. The van der Waals surface area contributed by atoms with Gasteiger partial charge in [-0.2, -0.15) is 0 Å². The monoisotopic (exact) mass is 251 g/mol. The molecule has 2 rings (SSSR count). The molecule has 0 bridgehead atoms. The van der Waals surface area contributed by atoms with Crippen molar-refractivity contribution in [2.75, 3.05) is 19.6 Å². The summed E-state index contributed by atoms with van der Waals surface area (Å²) >= 11 is 0. The van der Waals surface area contributed by atoms with E-state index in [0.717, 1.165) is 37.6 Å². The molecule has 100 valence electrons. The highest BCUT2D eigenvalue weighted by Gasteiger charge is 2.16. The Labute approximate surface area is 107 Å². The summed E-state index contributed by atoms with van der Waals surface area (Å²) in [6.07, 6.45) is 3.51. The van der Waals surface area contributed by atoms with Gasteiger partial charge in [-0.15, -0.1) is 10.2 Å². The molecule has 1 N–H and O–H groups in total. The van der Waals surface area contributed by atoms with E-state index in [1.807, 2.05) is 23.4 Å². The van der Waals surface area contributed by atoms with Crippen LogP contribution in [0, 0.1) is 6.92 Å². The van der Waals surface area contributed by atoms with E-state index in [0.29, 0.717) is 13.1 Å². The van der Waals surface area contributed by atoms with E-state index < -0.39 is 0 Å². The number of rotatable bonds is 4. The smallest absolute Gasteiger partial charge is 0.236 e. The van der Waals surface area contributed by atoms with Crippen molar-refractivity contribution in [3.8, 4) is 0 Å². The number of amides is 1. The number of aryl methyl sites for hydroxylation is 1. The minimum atomic E-state index is 0.189. The van der Waals surface area contributed by atoms with E-state index in [2.05, 4.69) is 15.5 Å². The maximum absolute atomic E-state index is 11.9. The van der Waals surface area contributed by atoms with Gasteiger partial charge >= 0.3 is 0 Å². The molecule has 1 saturated heterocycles. The number of nitrogens with zero attached hydrogens (tertiary/aromatic N) is 4. The fraction of sp³-hybridized carbons (Fsp3) is 0.750. The number of hydrogen-bond acceptors (Lipinski definition) is 4. The van der Waals surface area contributed by atoms with Crippen molar-refractivity contribution in [1.29, 1.82) is 0 Å². The fourth-order valence-electron chi connectivity index (χ4n) is 2.14. The van der Waals surface area contributed by atoms with Gasteiger partial charge in [0.05, 0.1) is 13.1 Å². The van der Waals surface area contributed by atoms with Gasteiger partial charge in [0.25, 0.3) is 0 Å². The molecule has 1 aromatic rings. The number of likely N-dealkylation sites (tertiary alicyclic amines) is 1. The molecular weight excluding hydrogens is 230 g/mol. The Bertz CT molecular complexity index is 409. The molecule has 0 atom stereocenters. The van der Waals surface area contributed by atoms with Crippen LogP contribution in [0.1, 0.15) is 30.9 Å². The van der Waals surface area contributed by atoms with Crippen LogP contribution in [-0.4, -0.2) is 45.2 Å². The highest BCUT2D eigenvalue weighted by atomic mass is 16.2. The Balaban J connectivity index is 1.74. The Morgan fingerprint density at radius 2 is 2.00 bits per heavy atom. The van der Waals surface area contributed by atoms with E-state index >= 15 is 0 Å². The quantitative estimate of drug-likeness (QED) is 0.832. The third kappa shape index (κ3) is 3.07. The van der Waals surface area contributed by atoms with Crippen molar-refractivity contribution in [3.63, 3.8) is 0 Å². The molecule has 0 saturated carbocycles. The van der Waals surface area contributed by atoms with Crippen LogP contribution in [0.15, 0.2) is 0 Å². The number of carbonyl (C=O) groups is 1. The first kappa shape index (κ1) is 13.0. The van der Waals surface area contributed by atoms with Crippen molar-refractivity contribution in [3.05, 3.63) is 11.6 Å². The lowest BCUT2D eigenvalue weighted by Gasteiger charge is -2.26. The zero-order valence-corrected chi connectivity index (χ0v) is 11.1. The first-order valence-corrected chi connectivity index (χ1v) is 6.52. The van der Waals surface area contributed by atoms with E-state index in [9.17, 15) is 4.79 Å². The zero-order chi connectivity index (χ0) is 13.0. The fourth-order valence-corrected chi connectivity index (χ4v) is 2.14. The molecule has 1 aromatic heterocycles. The minimum absolute atomic E-state index is 0.189. The van der Waals surface area contributed by atoms with Gasteiger partial charge in [-0.3, -0.25) is 4.79 Å². The van der Waals surface area contributed by atoms with E-state index in [-0.39, 0.29) is 5.91 Å². The molecule has 1 aliphatic rings. The van der Waals surface area contributed by atoms with Crippen LogP contribution < -0.4 is 5.32 Å². The van der Waals surface area contributed by atoms with Crippen molar-refractivity contribution in [1.82, 2.24) is 25.0 Å². The van der Waals surface area contributed by atoms with E-state index in [4.69, 9.17) is 0 Å². The van der Waals surface area contributed by atoms with Gasteiger partial charge in [0.2, 0.25) is 5.91 Å². The standard InChI is InChI=1S/C12H21N5O/c1-10-14-15-11(16(10)2)8-13-9-12(18)17-6-4-3-5-7-17/h13H,3-9H2,1-2H3.